The molecule has 0 aliphatic carbocycles. The first-order chi connectivity index (χ1) is 8.79. The molecule has 5 heteroatoms. The Morgan fingerprint density at radius 3 is 1.45 bits per heavy atom. The first kappa shape index (κ1) is 22.0. The predicted octanol–water partition coefficient (Wildman–Crippen LogP) is -2.51. The Morgan fingerprint density at radius 1 is 0.900 bits per heavy atom. The van der Waals surface area contributed by atoms with Gasteiger partial charge in [0.25, 0.3) is 0 Å². The van der Waals surface area contributed by atoms with E-state index in [-0.39, 0.29) is 46.6 Å². The molecule has 2 aromatic rings. The van der Waals surface area contributed by atoms with E-state index in [0.29, 0.717) is 13.3 Å². The van der Waals surface area contributed by atoms with Gasteiger partial charge in [-0.2, -0.15) is 0 Å². The zero-order chi connectivity index (χ0) is 13.2. The Hall–Kier alpha value is -0.329. The predicted molar refractivity (Wildman–Crippen MR) is 85.7 cm³/mol. The van der Waals surface area contributed by atoms with Crippen molar-refractivity contribution < 1.29 is 22.1 Å². The number of hydrogen-bond acceptors (Lipinski definition) is 2. The molecule has 0 saturated carbocycles. The summed E-state index contributed by atoms with van der Waals surface area (Å²) in [7, 11) is 0. The molecule has 0 heterocycles. The SMILES string of the molecule is CB(c1ccccc1)c1ccccc1.NCCO.[Br-].[Mg+2]. The van der Waals surface area contributed by atoms with Crippen LogP contribution < -0.4 is 33.6 Å². The van der Waals surface area contributed by atoms with E-state index < -0.39 is 0 Å². The molecular formula is C15H20BBrMgNO+. The Balaban J connectivity index is 0. The van der Waals surface area contributed by atoms with Gasteiger partial charge in [0.15, 0.2) is 0 Å². The summed E-state index contributed by atoms with van der Waals surface area (Å²) in [5.74, 6) is 0. The summed E-state index contributed by atoms with van der Waals surface area (Å²) >= 11 is 0. The summed E-state index contributed by atoms with van der Waals surface area (Å²) in [4.78, 5) is 0. The Morgan fingerprint density at radius 2 is 1.20 bits per heavy atom. The van der Waals surface area contributed by atoms with Gasteiger partial charge in [0.05, 0.1) is 6.61 Å². The number of benzene rings is 2. The van der Waals surface area contributed by atoms with Gasteiger partial charge < -0.3 is 27.8 Å². The molecule has 0 amide bonds. The molecule has 0 bridgehead atoms. The van der Waals surface area contributed by atoms with E-state index in [4.69, 9.17) is 10.8 Å². The van der Waals surface area contributed by atoms with Crippen molar-refractivity contribution in [1.29, 1.82) is 0 Å². The van der Waals surface area contributed by atoms with Crippen molar-refractivity contribution in [3.05, 3.63) is 60.7 Å². The van der Waals surface area contributed by atoms with Crippen molar-refractivity contribution in [3.8, 4) is 0 Å². The fourth-order valence-corrected chi connectivity index (χ4v) is 1.68. The van der Waals surface area contributed by atoms with Crippen molar-refractivity contribution >= 4 is 40.7 Å². The Bertz CT molecular complexity index is 389. The third kappa shape index (κ3) is 8.07. The van der Waals surface area contributed by atoms with Crippen molar-refractivity contribution in [3.63, 3.8) is 0 Å². The molecule has 0 unspecified atom stereocenters. The van der Waals surface area contributed by atoms with E-state index in [1.54, 1.807) is 0 Å². The topological polar surface area (TPSA) is 46.2 Å². The van der Waals surface area contributed by atoms with E-state index >= 15 is 0 Å². The van der Waals surface area contributed by atoms with Gasteiger partial charge in [0.1, 0.15) is 0 Å². The van der Waals surface area contributed by atoms with Crippen LogP contribution in [0.3, 0.4) is 0 Å². The molecule has 0 fully saturated rings. The quantitative estimate of drug-likeness (QED) is 0.604. The molecule has 0 saturated heterocycles. The maximum Gasteiger partial charge on any atom is 2.00 e. The standard InChI is InChI=1S/C13H13B.C2H7NO.BrH.Mg/c1-14(12-8-4-2-5-9-12)13-10-6-3-7-11-13;3-1-2-4;;/h2-11H,1H3;4H,1-3H2;1H;/q;;;+2/p-1. The molecule has 2 nitrogen and oxygen atoms in total. The number of aliphatic hydroxyl groups excluding tert-OH is 1. The maximum absolute atomic E-state index is 7.75. The van der Waals surface area contributed by atoms with Crippen LogP contribution in [-0.4, -0.2) is 48.0 Å². The normalized spacial score (nSPS) is 8.35. The average Bonchev–Trinajstić information content (AvgIpc) is 2.48. The largest absolute Gasteiger partial charge is 2.00 e. The molecule has 0 spiro atoms. The monoisotopic (exact) mass is 344 g/mol. The average molecular weight is 345 g/mol. The molecule has 3 N–H and O–H groups in total. The summed E-state index contributed by atoms with van der Waals surface area (Å²) in [6.07, 6.45) is 0. The minimum atomic E-state index is 0. The van der Waals surface area contributed by atoms with Gasteiger partial charge in [0, 0.05) is 6.54 Å². The maximum atomic E-state index is 7.75. The van der Waals surface area contributed by atoms with Crippen molar-refractivity contribution in [2.45, 2.75) is 6.82 Å². The Kier molecular flexibility index (Phi) is 15.0. The van der Waals surface area contributed by atoms with Gasteiger partial charge in [-0.05, 0) is 0 Å². The third-order valence-electron chi connectivity index (χ3n) is 2.73. The van der Waals surface area contributed by atoms with Gasteiger partial charge in [-0.25, -0.2) is 0 Å². The minimum absolute atomic E-state index is 0. The van der Waals surface area contributed by atoms with Crippen LogP contribution in [0, 0.1) is 0 Å². The number of rotatable bonds is 3. The van der Waals surface area contributed by atoms with E-state index in [1.807, 2.05) is 0 Å². The zero-order valence-electron chi connectivity index (χ0n) is 11.9. The first-order valence-electron chi connectivity index (χ1n) is 6.20. The van der Waals surface area contributed by atoms with Crippen molar-refractivity contribution in [1.82, 2.24) is 0 Å². The second kappa shape index (κ2) is 13.6. The molecule has 0 aromatic heterocycles. The van der Waals surface area contributed by atoms with E-state index in [2.05, 4.69) is 67.5 Å². The van der Waals surface area contributed by atoms with Crippen molar-refractivity contribution in [2.24, 2.45) is 5.73 Å². The van der Waals surface area contributed by atoms with Crippen LogP contribution in [-0.2, 0) is 0 Å². The summed E-state index contributed by atoms with van der Waals surface area (Å²) in [5.41, 5.74) is 7.53. The molecule has 0 radical (unpaired) electrons. The number of nitrogens with two attached hydrogens (primary N) is 1. The van der Waals surface area contributed by atoms with Crippen LogP contribution in [0.2, 0.25) is 6.82 Å². The Labute approximate surface area is 148 Å². The van der Waals surface area contributed by atoms with Gasteiger partial charge in [-0.15, -0.1) is 0 Å². The fraction of sp³-hybridized carbons (Fsp3) is 0.200. The van der Waals surface area contributed by atoms with E-state index in [0.717, 1.165) is 0 Å². The number of hydrogen-bond donors (Lipinski definition) is 2. The fourth-order valence-electron chi connectivity index (χ4n) is 1.68. The molecule has 0 atom stereocenters. The number of halogens is 1. The molecule has 2 rings (SSSR count). The third-order valence-corrected chi connectivity index (χ3v) is 2.73. The smallest absolute Gasteiger partial charge is 1.00 e. The van der Waals surface area contributed by atoms with Crippen LogP contribution in [0.15, 0.2) is 60.7 Å². The van der Waals surface area contributed by atoms with Crippen LogP contribution in [0.4, 0.5) is 0 Å². The van der Waals surface area contributed by atoms with Gasteiger partial charge in [-0.1, -0.05) is 78.4 Å². The summed E-state index contributed by atoms with van der Waals surface area (Å²) in [6.45, 7) is 3.20. The second-order valence-electron chi connectivity index (χ2n) is 4.06. The molecule has 102 valence electrons. The van der Waals surface area contributed by atoms with Gasteiger partial charge in [0.2, 0.25) is 6.71 Å². The van der Waals surface area contributed by atoms with Crippen LogP contribution in [0.1, 0.15) is 0 Å². The zero-order valence-corrected chi connectivity index (χ0v) is 14.9. The van der Waals surface area contributed by atoms with Crippen molar-refractivity contribution in [2.75, 3.05) is 13.2 Å². The second-order valence-corrected chi connectivity index (χ2v) is 4.06. The van der Waals surface area contributed by atoms with Crippen LogP contribution in [0.25, 0.3) is 0 Å². The van der Waals surface area contributed by atoms with Gasteiger partial charge >= 0.3 is 23.1 Å². The molecule has 2 aromatic carbocycles. The summed E-state index contributed by atoms with van der Waals surface area (Å²) in [5, 5.41) is 7.75. The first-order valence-corrected chi connectivity index (χ1v) is 6.20. The number of aliphatic hydroxyl groups is 1. The van der Waals surface area contributed by atoms with Crippen LogP contribution >= 0.6 is 0 Å². The molecule has 0 aliphatic rings. The molecule has 20 heavy (non-hydrogen) atoms. The van der Waals surface area contributed by atoms with E-state index in [9.17, 15) is 0 Å². The minimum Gasteiger partial charge on any atom is -1.00 e. The molecular weight excluding hydrogens is 325 g/mol. The van der Waals surface area contributed by atoms with Crippen LogP contribution in [0.5, 0.6) is 0 Å². The van der Waals surface area contributed by atoms with Gasteiger partial charge in [-0.3, -0.25) is 0 Å². The molecule has 0 aliphatic heterocycles. The van der Waals surface area contributed by atoms with E-state index in [1.165, 1.54) is 10.9 Å². The summed E-state index contributed by atoms with van der Waals surface area (Å²) < 4.78 is 0. The summed E-state index contributed by atoms with van der Waals surface area (Å²) in [6, 6.07) is 21.2.